The van der Waals surface area contributed by atoms with Gasteiger partial charge in [-0.15, -0.1) is 0 Å². The molecule has 0 aromatic carbocycles. The van der Waals surface area contributed by atoms with Crippen molar-refractivity contribution in [2.24, 2.45) is 0 Å². The van der Waals surface area contributed by atoms with Crippen molar-refractivity contribution >= 4 is 11.9 Å². The van der Waals surface area contributed by atoms with Gasteiger partial charge in [0.1, 0.15) is 0 Å². The number of aromatic nitrogens is 3. The van der Waals surface area contributed by atoms with Gasteiger partial charge in [-0.05, 0) is 24.6 Å². The van der Waals surface area contributed by atoms with Gasteiger partial charge in [0, 0.05) is 30.6 Å². The highest BCUT2D eigenvalue weighted by molar-refractivity contribution is 5.89. The standard InChI is InChI=1S/C15H18N4O/c1-2-3-4-7-14(20)19-15-17-10-8-13(18-15)12-6-5-9-16-11-12/h5-6,8-11H,2-4,7H2,1H3,(H,17,18,19,20). The summed E-state index contributed by atoms with van der Waals surface area (Å²) in [5, 5.41) is 2.73. The van der Waals surface area contributed by atoms with Crippen molar-refractivity contribution < 1.29 is 4.79 Å². The number of carbonyl (C=O) groups is 1. The minimum atomic E-state index is -0.0400. The summed E-state index contributed by atoms with van der Waals surface area (Å²) >= 11 is 0. The Morgan fingerprint density at radius 3 is 2.90 bits per heavy atom. The summed E-state index contributed by atoms with van der Waals surface area (Å²) in [6, 6.07) is 5.56. The molecule has 20 heavy (non-hydrogen) atoms. The molecule has 0 spiro atoms. The average Bonchev–Trinajstić information content (AvgIpc) is 2.49. The SMILES string of the molecule is CCCCCC(=O)Nc1nccc(-c2cccnc2)n1. The topological polar surface area (TPSA) is 67.8 Å². The Bertz CT molecular complexity index is 557. The summed E-state index contributed by atoms with van der Waals surface area (Å²) in [5.74, 6) is 0.301. The maximum atomic E-state index is 11.7. The number of anilines is 1. The summed E-state index contributed by atoms with van der Waals surface area (Å²) < 4.78 is 0. The van der Waals surface area contributed by atoms with Gasteiger partial charge in [-0.1, -0.05) is 19.8 Å². The Kier molecular flexibility index (Phi) is 5.17. The number of hydrogen-bond acceptors (Lipinski definition) is 4. The van der Waals surface area contributed by atoms with Crippen LogP contribution in [0.15, 0.2) is 36.8 Å². The first-order valence-electron chi connectivity index (χ1n) is 6.83. The first-order valence-corrected chi connectivity index (χ1v) is 6.83. The second-order valence-electron chi connectivity index (χ2n) is 4.51. The van der Waals surface area contributed by atoms with Crippen LogP contribution in [-0.4, -0.2) is 20.9 Å². The highest BCUT2D eigenvalue weighted by Crippen LogP contribution is 2.15. The van der Waals surface area contributed by atoms with E-state index in [1.807, 2.05) is 12.1 Å². The Labute approximate surface area is 118 Å². The molecule has 1 N–H and O–H groups in total. The fourth-order valence-corrected chi connectivity index (χ4v) is 1.82. The first-order chi connectivity index (χ1) is 9.79. The third-order valence-electron chi connectivity index (χ3n) is 2.87. The largest absolute Gasteiger partial charge is 0.295 e. The molecule has 2 rings (SSSR count). The maximum Gasteiger partial charge on any atom is 0.229 e. The molecule has 2 aromatic rings. The number of nitrogens with zero attached hydrogens (tertiary/aromatic N) is 3. The van der Waals surface area contributed by atoms with Gasteiger partial charge in [-0.25, -0.2) is 9.97 Å². The zero-order chi connectivity index (χ0) is 14.2. The summed E-state index contributed by atoms with van der Waals surface area (Å²) in [4.78, 5) is 24.2. The van der Waals surface area contributed by atoms with Gasteiger partial charge < -0.3 is 0 Å². The molecule has 104 valence electrons. The lowest BCUT2D eigenvalue weighted by Crippen LogP contribution is -2.13. The molecule has 0 saturated carbocycles. The van der Waals surface area contributed by atoms with Gasteiger partial charge >= 0.3 is 0 Å². The van der Waals surface area contributed by atoms with Crippen LogP contribution < -0.4 is 5.32 Å². The molecule has 0 unspecified atom stereocenters. The molecule has 0 atom stereocenters. The van der Waals surface area contributed by atoms with Crippen LogP contribution in [0.1, 0.15) is 32.6 Å². The van der Waals surface area contributed by atoms with Gasteiger partial charge in [0.2, 0.25) is 11.9 Å². The smallest absolute Gasteiger partial charge is 0.229 e. The Balaban J connectivity index is 2.01. The molecular weight excluding hydrogens is 252 g/mol. The fraction of sp³-hybridized carbons (Fsp3) is 0.333. The number of unbranched alkanes of at least 4 members (excludes halogenated alkanes) is 2. The number of carbonyl (C=O) groups excluding carboxylic acids is 1. The van der Waals surface area contributed by atoms with Gasteiger partial charge in [0.25, 0.3) is 0 Å². The molecule has 5 nitrogen and oxygen atoms in total. The molecule has 0 bridgehead atoms. The molecule has 2 heterocycles. The van der Waals surface area contributed by atoms with Crippen molar-refractivity contribution in [1.82, 2.24) is 15.0 Å². The molecule has 5 heteroatoms. The molecular formula is C15H18N4O. The minimum absolute atomic E-state index is 0.0400. The van der Waals surface area contributed by atoms with E-state index in [0.29, 0.717) is 12.4 Å². The van der Waals surface area contributed by atoms with E-state index >= 15 is 0 Å². The zero-order valence-corrected chi connectivity index (χ0v) is 11.5. The van der Waals surface area contributed by atoms with Gasteiger partial charge in [0.15, 0.2) is 0 Å². The van der Waals surface area contributed by atoms with Crippen molar-refractivity contribution in [2.45, 2.75) is 32.6 Å². The summed E-state index contributed by atoms with van der Waals surface area (Å²) in [6.07, 6.45) is 8.64. The van der Waals surface area contributed by atoms with E-state index in [1.54, 1.807) is 24.7 Å². The van der Waals surface area contributed by atoms with Gasteiger partial charge in [0.05, 0.1) is 5.69 Å². The average molecular weight is 270 g/mol. The summed E-state index contributed by atoms with van der Waals surface area (Å²) in [5.41, 5.74) is 1.65. The molecule has 1 amide bonds. The van der Waals surface area contributed by atoms with Crippen LogP contribution in [0.4, 0.5) is 5.95 Å². The number of pyridine rings is 1. The van der Waals surface area contributed by atoms with Crippen LogP contribution >= 0.6 is 0 Å². The highest BCUT2D eigenvalue weighted by Gasteiger charge is 2.06. The van der Waals surface area contributed by atoms with Crippen LogP contribution in [0.25, 0.3) is 11.3 Å². The number of hydrogen-bond donors (Lipinski definition) is 1. The van der Waals surface area contributed by atoms with Crippen molar-refractivity contribution in [3.05, 3.63) is 36.8 Å². The monoisotopic (exact) mass is 270 g/mol. The van der Waals surface area contributed by atoms with Crippen LogP contribution in [0.3, 0.4) is 0 Å². The maximum absolute atomic E-state index is 11.7. The predicted molar refractivity (Wildman–Crippen MR) is 78.0 cm³/mol. The van der Waals surface area contributed by atoms with Crippen LogP contribution in [0, 0.1) is 0 Å². The quantitative estimate of drug-likeness (QED) is 0.819. The Morgan fingerprint density at radius 1 is 1.25 bits per heavy atom. The van der Waals surface area contributed by atoms with Crippen molar-refractivity contribution in [3.8, 4) is 11.3 Å². The van der Waals surface area contributed by atoms with E-state index in [2.05, 4.69) is 27.2 Å². The second kappa shape index (κ2) is 7.33. The van der Waals surface area contributed by atoms with E-state index < -0.39 is 0 Å². The van der Waals surface area contributed by atoms with E-state index in [9.17, 15) is 4.79 Å². The van der Waals surface area contributed by atoms with E-state index in [4.69, 9.17) is 0 Å². The molecule has 0 aliphatic rings. The summed E-state index contributed by atoms with van der Waals surface area (Å²) in [6.45, 7) is 2.11. The van der Waals surface area contributed by atoms with Crippen molar-refractivity contribution in [3.63, 3.8) is 0 Å². The first kappa shape index (κ1) is 14.1. The normalized spacial score (nSPS) is 10.2. The van der Waals surface area contributed by atoms with Crippen molar-refractivity contribution in [1.29, 1.82) is 0 Å². The minimum Gasteiger partial charge on any atom is -0.295 e. The highest BCUT2D eigenvalue weighted by atomic mass is 16.1. The van der Waals surface area contributed by atoms with E-state index in [1.165, 1.54) is 0 Å². The number of rotatable bonds is 6. The lowest BCUT2D eigenvalue weighted by molar-refractivity contribution is -0.116. The van der Waals surface area contributed by atoms with Crippen LogP contribution in [0.2, 0.25) is 0 Å². The van der Waals surface area contributed by atoms with E-state index in [-0.39, 0.29) is 5.91 Å². The van der Waals surface area contributed by atoms with E-state index in [0.717, 1.165) is 30.5 Å². The third-order valence-corrected chi connectivity index (χ3v) is 2.87. The third kappa shape index (κ3) is 4.12. The molecule has 0 saturated heterocycles. The molecule has 2 aromatic heterocycles. The molecule has 0 radical (unpaired) electrons. The molecule has 0 fully saturated rings. The zero-order valence-electron chi connectivity index (χ0n) is 11.5. The number of amides is 1. The molecule has 0 aliphatic carbocycles. The molecule has 0 aliphatic heterocycles. The van der Waals surface area contributed by atoms with Crippen LogP contribution in [0.5, 0.6) is 0 Å². The van der Waals surface area contributed by atoms with Gasteiger partial charge in [-0.3, -0.25) is 15.1 Å². The van der Waals surface area contributed by atoms with Gasteiger partial charge in [-0.2, -0.15) is 0 Å². The lowest BCUT2D eigenvalue weighted by atomic mass is 10.2. The predicted octanol–water partition coefficient (Wildman–Crippen LogP) is 3.06. The second-order valence-corrected chi connectivity index (χ2v) is 4.51. The fourth-order valence-electron chi connectivity index (χ4n) is 1.82. The Morgan fingerprint density at radius 2 is 2.15 bits per heavy atom. The number of nitrogens with one attached hydrogen (secondary N) is 1. The van der Waals surface area contributed by atoms with Crippen molar-refractivity contribution in [2.75, 3.05) is 5.32 Å². The van der Waals surface area contributed by atoms with Crippen LogP contribution in [-0.2, 0) is 4.79 Å². The Hall–Kier alpha value is -2.30. The summed E-state index contributed by atoms with van der Waals surface area (Å²) in [7, 11) is 0. The lowest BCUT2D eigenvalue weighted by Gasteiger charge is -2.05.